The number of rotatable bonds is 3. The molecule has 0 spiro atoms. The molecule has 3 fully saturated rings. The fourth-order valence-corrected chi connectivity index (χ4v) is 4.54. The average Bonchev–Trinajstić information content (AvgIpc) is 2.57. The van der Waals surface area contributed by atoms with Gasteiger partial charge in [-0.25, -0.2) is 9.97 Å². The van der Waals surface area contributed by atoms with Crippen molar-refractivity contribution in [3.63, 3.8) is 0 Å². The van der Waals surface area contributed by atoms with Gasteiger partial charge in [0.05, 0.1) is 0 Å². The lowest BCUT2D eigenvalue weighted by atomic mass is 9.56. The minimum atomic E-state index is 0.242. The highest BCUT2D eigenvalue weighted by Crippen LogP contribution is 2.54. The molecular formula is C18H22ClN3. The molecule has 3 aliphatic carbocycles. The van der Waals surface area contributed by atoms with Gasteiger partial charge in [-0.2, -0.15) is 0 Å². The zero-order valence-electron chi connectivity index (χ0n) is 13.0. The molecule has 0 amide bonds. The maximum absolute atomic E-state index is 6.18. The second-order valence-electron chi connectivity index (χ2n) is 7.13. The summed E-state index contributed by atoms with van der Waals surface area (Å²) in [6, 6.07) is 6.10. The van der Waals surface area contributed by atoms with E-state index in [-0.39, 0.29) is 5.54 Å². The van der Waals surface area contributed by atoms with Crippen LogP contribution in [0.5, 0.6) is 0 Å². The van der Waals surface area contributed by atoms with Crippen molar-refractivity contribution >= 4 is 28.3 Å². The maximum Gasteiger partial charge on any atom is 0.155 e. The number of aromatic nitrogens is 2. The van der Waals surface area contributed by atoms with Crippen molar-refractivity contribution in [2.24, 2.45) is 5.41 Å². The Hall–Kier alpha value is -1.35. The van der Waals surface area contributed by atoms with Crippen LogP contribution in [0.25, 0.3) is 10.9 Å². The summed E-state index contributed by atoms with van der Waals surface area (Å²) in [6.45, 7) is 2.35. The van der Waals surface area contributed by atoms with Gasteiger partial charge in [-0.3, -0.25) is 0 Å². The van der Waals surface area contributed by atoms with Gasteiger partial charge in [-0.05, 0) is 62.1 Å². The summed E-state index contributed by atoms with van der Waals surface area (Å²) >= 11 is 6.18. The molecular weight excluding hydrogens is 294 g/mol. The van der Waals surface area contributed by atoms with Gasteiger partial charge in [0.2, 0.25) is 0 Å². The van der Waals surface area contributed by atoms with Crippen molar-refractivity contribution in [1.29, 1.82) is 0 Å². The van der Waals surface area contributed by atoms with Gasteiger partial charge in [0.1, 0.15) is 11.3 Å². The molecule has 0 unspecified atom stereocenters. The molecule has 1 N–H and O–H groups in total. The number of nitrogens with zero attached hydrogens (tertiary/aromatic N) is 2. The Bertz CT molecular complexity index is 688. The fourth-order valence-electron chi connectivity index (χ4n) is 4.34. The first-order valence-corrected chi connectivity index (χ1v) is 8.71. The van der Waals surface area contributed by atoms with Gasteiger partial charge in [-0.15, -0.1) is 0 Å². The summed E-state index contributed by atoms with van der Waals surface area (Å²) in [4.78, 5) is 8.85. The van der Waals surface area contributed by atoms with Crippen molar-refractivity contribution < 1.29 is 0 Å². The van der Waals surface area contributed by atoms with E-state index in [0.29, 0.717) is 10.6 Å². The summed E-state index contributed by atoms with van der Waals surface area (Å²) in [5.41, 5.74) is 1.67. The van der Waals surface area contributed by atoms with E-state index in [2.05, 4.69) is 29.4 Å². The molecule has 2 aromatic rings. The van der Waals surface area contributed by atoms with Crippen LogP contribution in [0.1, 0.15) is 51.9 Å². The van der Waals surface area contributed by atoms with E-state index in [0.717, 1.165) is 16.7 Å². The van der Waals surface area contributed by atoms with Gasteiger partial charge in [0.25, 0.3) is 0 Å². The van der Waals surface area contributed by atoms with Crippen LogP contribution >= 0.6 is 11.6 Å². The summed E-state index contributed by atoms with van der Waals surface area (Å²) in [5.74, 6) is 0.938. The third kappa shape index (κ3) is 2.26. The predicted octanol–water partition coefficient (Wildman–Crippen LogP) is 5.20. The average molecular weight is 316 g/mol. The molecule has 5 rings (SSSR count). The number of nitrogens with one attached hydrogen (secondary N) is 1. The molecule has 0 atom stereocenters. The van der Waals surface area contributed by atoms with Crippen molar-refractivity contribution in [3.05, 3.63) is 29.5 Å². The van der Waals surface area contributed by atoms with Gasteiger partial charge in [-0.1, -0.05) is 24.9 Å². The van der Waals surface area contributed by atoms with Crippen LogP contribution in [0.3, 0.4) is 0 Å². The molecule has 2 heterocycles. The summed E-state index contributed by atoms with van der Waals surface area (Å²) < 4.78 is 0. The molecule has 2 aromatic heterocycles. The van der Waals surface area contributed by atoms with Crippen LogP contribution in [0.2, 0.25) is 5.15 Å². The lowest BCUT2D eigenvalue weighted by Gasteiger charge is -2.53. The number of anilines is 1. The van der Waals surface area contributed by atoms with Crippen LogP contribution in [0.4, 0.5) is 5.82 Å². The van der Waals surface area contributed by atoms with Gasteiger partial charge in [0, 0.05) is 17.1 Å². The molecule has 22 heavy (non-hydrogen) atoms. The minimum Gasteiger partial charge on any atom is -0.365 e. The molecule has 4 heteroatoms. The number of fused-ring (bicyclic) bond motifs is 4. The quantitative estimate of drug-likeness (QED) is 0.791. The van der Waals surface area contributed by atoms with Crippen molar-refractivity contribution in [2.45, 2.75) is 57.4 Å². The molecule has 0 aromatic carbocycles. The second kappa shape index (κ2) is 5.09. The van der Waals surface area contributed by atoms with Crippen LogP contribution < -0.4 is 5.32 Å². The first-order chi connectivity index (χ1) is 10.6. The minimum absolute atomic E-state index is 0.242. The second-order valence-corrected chi connectivity index (χ2v) is 7.49. The van der Waals surface area contributed by atoms with Crippen molar-refractivity contribution in [2.75, 3.05) is 5.32 Å². The molecule has 0 aliphatic heterocycles. The number of pyridine rings is 2. The smallest absolute Gasteiger partial charge is 0.155 e. The normalized spacial score (nSPS) is 30.6. The highest BCUT2D eigenvalue weighted by Gasteiger charge is 2.47. The summed E-state index contributed by atoms with van der Waals surface area (Å²) in [5, 5.41) is 5.27. The van der Waals surface area contributed by atoms with Crippen LogP contribution in [-0.2, 0) is 0 Å². The van der Waals surface area contributed by atoms with Crippen molar-refractivity contribution in [1.82, 2.24) is 9.97 Å². The number of hydrogen-bond acceptors (Lipinski definition) is 3. The van der Waals surface area contributed by atoms with Crippen LogP contribution in [-0.4, -0.2) is 15.5 Å². The van der Waals surface area contributed by atoms with E-state index in [4.69, 9.17) is 16.6 Å². The van der Waals surface area contributed by atoms with E-state index in [1.54, 1.807) is 6.20 Å². The Morgan fingerprint density at radius 1 is 1.09 bits per heavy atom. The molecule has 0 saturated heterocycles. The SMILES string of the molecule is CCC12CCC(Nc3ccc4ccnc(Cl)c4n3)(CC1)CC2. The summed E-state index contributed by atoms with van der Waals surface area (Å²) in [6.07, 6.45) is 10.9. The lowest BCUT2D eigenvalue weighted by Crippen LogP contribution is -2.50. The van der Waals surface area contributed by atoms with Gasteiger partial charge < -0.3 is 5.32 Å². The number of halogens is 1. The zero-order valence-corrected chi connectivity index (χ0v) is 13.8. The number of hydrogen-bond donors (Lipinski definition) is 1. The highest BCUT2D eigenvalue weighted by atomic mass is 35.5. The molecule has 0 radical (unpaired) electrons. The standard InChI is InChI=1S/C18H22ClN3/c1-2-17-6-9-18(10-7-17,11-8-17)22-14-4-3-13-5-12-20-16(19)15(13)21-14/h3-5,12H,2,6-11H2,1H3,(H,21,22). The van der Waals surface area contributed by atoms with E-state index in [1.807, 2.05) is 6.07 Å². The Balaban J connectivity index is 1.60. The maximum atomic E-state index is 6.18. The Morgan fingerprint density at radius 2 is 1.82 bits per heavy atom. The van der Waals surface area contributed by atoms with Gasteiger partial charge in [0.15, 0.2) is 5.15 Å². The lowest BCUT2D eigenvalue weighted by molar-refractivity contribution is 0.0517. The predicted molar refractivity (Wildman–Crippen MR) is 91.3 cm³/mol. The largest absolute Gasteiger partial charge is 0.365 e. The zero-order chi connectivity index (χ0) is 15.2. The Morgan fingerprint density at radius 3 is 2.50 bits per heavy atom. The molecule has 116 valence electrons. The topological polar surface area (TPSA) is 37.8 Å². The third-order valence-electron chi connectivity index (χ3n) is 6.11. The summed E-state index contributed by atoms with van der Waals surface area (Å²) in [7, 11) is 0. The van der Waals surface area contributed by atoms with E-state index >= 15 is 0 Å². The van der Waals surface area contributed by atoms with E-state index in [1.165, 1.54) is 44.9 Å². The van der Waals surface area contributed by atoms with Crippen molar-refractivity contribution in [3.8, 4) is 0 Å². The van der Waals surface area contributed by atoms with Crippen LogP contribution in [0, 0.1) is 5.41 Å². The monoisotopic (exact) mass is 315 g/mol. The highest BCUT2D eigenvalue weighted by molar-refractivity contribution is 6.33. The van der Waals surface area contributed by atoms with E-state index < -0.39 is 0 Å². The van der Waals surface area contributed by atoms with E-state index in [9.17, 15) is 0 Å². The Kier molecular flexibility index (Phi) is 3.30. The Labute approximate surface area is 136 Å². The van der Waals surface area contributed by atoms with Gasteiger partial charge >= 0.3 is 0 Å². The molecule has 3 saturated carbocycles. The van der Waals surface area contributed by atoms with Crippen LogP contribution in [0.15, 0.2) is 24.4 Å². The molecule has 3 nitrogen and oxygen atoms in total. The third-order valence-corrected chi connectivity index (χ3v) is 6.39. The molecule has 3 aliphatic rings. The fraction of sp³-hybridized carbons (Fsp3) is 0.556. The molecule has 2 bridgehead atoms. The first-order valence-electron chi connectivity index (χ1n) is 8.33. The first kappa shape index (κ1) is 14.3.